The summed E-state index contributed by atoms with van der Waals surface area (Å²) in [6, 6.07) is 0. The molecule has 0 spiro atoms. The minimum Gasteiger partial charge on any atom is -0.444 e. The van der Waals surface area contributed by atoms with Crippen molar-refractivity contribution in [1.29, 1.82) is 0 Å². The Morgan fingerprint density at radius 1 is 1.29 bits per heavy atom. The van der Waals surface area contributed by atoms with Gasteiger partial charge in [0.05, 0.1) is 6.54 Å². The number of rotatable bonds is 5. The maximum absolute atomic E-state index is 11.8. The Morgan fingerprint density at radius 2 is 1.88 bits per heavy atom. The summed E-state index contributed by atoms with van der Waals surface area (Å²) in [5, 5.41) is 0. The van der Waals surface area contributed by atoms with E-state index < -0.39 is 11.7 Å². The van der Waals surface area contributed by atoms with Crippen molar-refractivity contribution in [1.82, 2.24) is 4.90 Å². The molecule has 1 aliphatic rings. The van der Waals surface area contributed by atoms with Crippen LogP contribution in [0.5, 0.6) is 0 Å². The van der Waals surface area contributed by atoms with Gasteiger partial charge in [-0.2, -0.15) is 0 Å². The second kappa shape index (κ2) is 5.52. The highest BCUT2D eigenvalue weighted by Gasteiger charge is 2.27. The molecule has 0 unspecified atom stereocenters. The lowest BCUT2D eigenvalue weighted by molar-refractivity contribution is -0.120. The van der Waals surface area contributed by atoms with E-state index in [4.69, 9.17) is 4.74 Å². The minimum absolute atomic E-state index is 0.139. The van der Waals surface area contributed by atoms with Crippen molar-refractivity contribution in [3.63, 3.8) is 0 Å². The predicted molar refractivity (Wildman–Crippen MR) is 65.8 cm³/mol. The number of ketones is 1. The number of Topliss-reactive ketones (excluding diaryl/α,β-unsaturated/α-hetero) is 1. The molecule has 0 heterocycles. The Kier molecular flexibility index (Phi) is 4.54. The van der Waals surface area contributed by atoms with Crippen LogP contribution in [0.4, 0.5) is 4.79 Å². The fraction of sp³-hybridized carbons (Fsp3) is 0.846. The molecule has 0 aromatic carbocycles. The zero-order valence-electron chi connectivity index (χ0n) is 11.3. The van der Waals surface area contributed by atoms with Crippen LogP contribution in [-0.4, -0.2) is 35.5 Å². The van der Waals surface area contributed by atoms with Crippen LogP contribution in [0, 0.1) is 5.92 Å². The lowest BCUT2D eigenvalue weighted by Gasteiger charge is -2.26. The molecule has 0 aliphatic heterocycles. The third kappa shape index (κ3) is 5.71. The first-order valence-corrected chi connectivity index (χ1v) is 6.31. The monoisotopic (exact) mass is 241 g/mol. The molecule has 0 aromatic heterocycles. The van der Waals surface area contributed by atoms with E-state index in [1.807, 2.05) is 27.7 Å². The quantitative estimate of drug-likeness (QED) is 0.743. The normalized spacial score (nSPS) is 15.5. The molecule has 0 N–H and O–H groups in total. The summed E-state index contributed by atoms with van der Waals surface area (Å²) in [5.41, 5.74) is -0.510. The maximum Gasteiger partial charge on any atom is 0.410 e. The van der Waals surface area contributed by atoms with Gasteiger partial charge in [0.1, 0.15) is 5.60 Å². The summed E-state index contributed by atoms with van der Waals surface area (Å²) in [7, 11) is 0. The van der Waals surface area contributed by atoms with Crippen LogP contribution in [0.25, 0.3) is 0 Å². The van der Waals surface area contributed by atoms with Crippen LogP contribution in [0.2, 0.25) is 0 Å². The Labute approximate surface area is 103 Å². The molecule has 17 heavy (non-hydrogen) atoms. The SMILES string of the molecule is CCN(CC(=O)CC1CC1)C(=O)OC(C)(C)C. The average molecular weight is 241 g/mol. The van der Waals surface area contributed by atoms with Crippen molar-refractivity contribution in [2.45, 2.75) is 52.6 Å². The molecule has 1 amide bonds. The van der Waals surface area contributed by atoms with Crippen molar-refractivity contribution in [2.24, 2.45) is 5.92 Å². The maximum atomic E-state index is 11.8. The Balaban J connectivity index is 2.40. The molecule has 4 nitrogen and oxygen atoms in total. The van der Waals surface area contributed by atoms with Gasteiger partial charge in [-0.05, 0) is 46.5 Å². The highest BCUT2D eigenvalue weighted by atomic mass is 16.6. The molecular formula is C13H23NO3. The van der Waals surface area contributed by atoms with E-state index in [2.05, 4.69) is 0 Å². The average Bonchev–Trinajstić information content (AvgIpc) is 2.94. The van der Waals surface area contributed by atoms with E-state index >= 15 is 0 Å². The first-order chi connectivity index (χ1) is 7.81. The van der Waals surface area contributed by atoms with Gasteiger partial charge in [-0.1, -0.05) is 0 Å². The lowest BCUT2D eigenvalue weighted by atomic mass is 10.2. The van der Waals surface area contributed by atoms with Crippen LogP contribution in [-0.2, 0) is 9.53 Å². The van der Waals surface area contributed by atoms with E-state index in [1.54, 1.807) is 0 Å². The van der Waals surface area contributed by atoms with Crippen molar-refractivity contribution < 1.29 is 14.3 Å². The Morgan fingerprint density at radius 3 is 2.29 bits per heavy atom. The highest BCUT2D eigenvalue weighted by molar-refractivity contribution is 5.84. The molecule has 0 radical (unpaired) electrons. The van der Waals surface area contributed by atoms with E-state index in [0.717, 1.165) is 12.8 Å². The van der Waals surface area contributed by atoms with Gasteiger partial charge in [-0.15, -0.1) is 0 Å². The van der Waals surface area contributed by atoms with Gasteiger partial charge >= 0.3 is 6.09 Å². The van der Waals surface area contributed by atoms with Crippen LogP contribution < -0.4 is 0 Å². The third-order valence-corrected chi connectivity index (χ3v) is 2.61. The minimum atomic E-state index is -0.510. The first-order valence-electron chi connectivity index (χ1n) is 6.31. The van der Waals surface area contributed by atoms with Crippen LogP contribution >= 0.6 is 0 Å². The number of nitrogens with zero attached hydrogens (tertiary/aromatic N) is 1. The second-order valence-corrected chi connectivity index (χ2v) is 5.68. The van der Waals surface area contributed by atoms with E-state index in [9.17, 15) is 9.59 Å². The summed E-state index contributed by atoms with van der Waals surface area (Å²) >= 11 is 0. The zero-order chi connectivity index (χ0) is 13.1. The van der Waals surface area contributed by atoms with Gasteiger partial charge in [0, 0.05) is 13.0 Å². The van der Waals surface area contributed by atoms with Crippen molar-refractivity contribution >= 4 is 11.9 Å². The zero-order valence-corrected chi connectivity index (χ0v) is 11.3. The molecular weight excluding hydrogens is 218 g/mol. The third-order valence-electron chi connectivity index (χ3n) is 2.61. The molecule has 1 aliphatic carbocycles. The van der Waals surface area contributed by atoms with Crippen molar-refractivity contribution in [2.75, 3.05) is 13.1 Å². The van der Waals surface area contributed by atoms with Gasteiger partial charge < -0.3 is 9.64 Å². The lowest BCUT2D eigenvalue weighted by Crippen LogP contribution is -2.39. The van der Waals surface area contributed by atoms with Crippen LogP contribution in [0.1, 0.15) is 47.0 Å². The van der Waals surface area contributed by atoms with Gasteiger partial charge in [0.25, 0.3) is 0 Å². The standard InChI is InChI=1S/C13H23NO3/c1-5-14(12(16)17-13(2,3)4)9-11(15)8-10-6-7-10/h10H,5-9H2,1-4H3. The van der Waals surface area contributed by atoms with Gasteiger partial charge in [-0.25, -0.2) is 4.79 Å². The van der Waals surface area contributed by atoms with E-state index in [-0.39, 0.29) is 12.3 Å². The summed E-state index contributed by atoms with van der Waals surface area (Å²) in [4.78, 5) is 24.9. The van der Waals surface area contributed by atoms with Gasteiger partial charge in [0.2, 0.25) is 0 Å². The Bertz CT molecular complexity index is 290. The number of carbonyl (C=O) groups excluding carboxylic acids is 2. The topological polar surface area (TPSA) is 46.6 Å². The van der Waals surface area contributed by atoms with Gasteiger partial charge in [0.15, 0.2) is 5.78 Å². The smallest absolute Gasteiger partial charge is 0.410 e. The van der Waals surface area contributed by atoms with Crippen molar-refractivity contribution in [3.8, 4) is 0 Å². The Hall–Kier alpha value is -1.06. The predicted octanol–water partition coefficient (Wildman–Crippen LogP) is 2.61. The number of carbonyl (C=O) groups is 2. The number of hydrogen-bond donors (Lipinski definition) is 0. The molecule has 0 atom stereocenters. The summed E-state index contributed by atoms with van der Waals surface area (Å²) in [6.07, 6.45) is 2.53. The molecule has 1 rings (SSSR count). The van der Waals surface area contributed by atoms with Crippen molar-refractivity contribution in [3.05, 3.63) is 0 Å². The van der Waals surface area contributed by atoms with Crippen LogP contribution in [0.3, 0.4) is 0 Å². The number of hydrogen-bond acceptors (Lipinski definition) is 3. The fourth-order valence-corrected chi connectivity index (χ4v) is 1.55. The molecule has 1 fully saturated rings. The van der Waals surface area contributed by atoms with Crippen LogP contribution in [0.15, 0.2) is 0 Å². The number of ether oxygens (including phenoxy) is 1. The van der Waals surface area contributed by atoms with Gasteiger partial charge in [-0.3, -0.25) is 4.79 Å². The molecule has 0 aromatic rings. The van der Waals surface area contributed by atoms with E-state index in [1.165, 1.54) is 4.90 Å². The molecule has 4 heteroatoms. The van der Waals surface area contributed by atoms with E-state index in [0.29, 0.717) is 18.9 Å². The highest BCUT2D eigenvalue weighted by Crippen LogP contribution is 2.32. The molecule has 0 saturated heterocycles. The summed E-state index contributed by atoms with van der Waals surface area (Å²) in [6.45, 7) is 8.02. The molecule has 98 valence electrons. The summed E-state index contributed by atoms with van der Waals surface area (Å²) in [5.74, 6) is 0.708. The number of likely N-dealkylation sites (N-methyl/N-ethyl adjacent to an activating group) is 1. The largest absolute Gasteiger partial charge is 0.444 e. The fourth-order valence-electron chi connectivity index (χ4n) is 1.55. The number of amides is 1. The second-order valence-electron chi connectivity index (χ2n) is 5.68. The first kappa shape index (κ1) is 14.0. The summed E-state index contributed by atoms with van der Waals surface area (Å²) < 4.78 is 5.25. The molecule has 0 bridgehead atoms. The molecule has 1 saturated carbocycles.